The number of ether oxygens (including phenoxy) is 2. The lowest BCUT2D eigenvalue weighted by Gasteiger charge is -2.35. The number of esters is 1. The van der Waals surface area contributed by atoms with E-state index >= 15 is 0 Å². The third kappa shape index (κ3) is 4.74. The second kappa shape index (κ2) is 8.74. The summed E-state index contributed by atoms with van der Waals surface area (Å²) in [5.74, 6) is 1.18. The predicted octanol–water partition coefficient (Wildman–Crippen LogP) is 3.78. The van der Waals surface area contributed by atoms with Gasteiger partial charge in [-0.25, -0.2) is 4.79 Å². The largest absolute Gasteiger partial charge is 0.488 e. The zero-order chi connectivity index (χ0) is 20.4. The molecule has 2 aromatic rings. The molecule has 154 valence electrons. The van der Waals surface area contributed by atoms with Crippen molar-refractivity contribution in [3.8, 4) is 5.75 Å². The molecule has 4 atom stereocenters. The number of fused-ring (bicyclic) bond motifs is 1. The van der Waals surface area contributed by atoms with Gasteiger partial charge in [-0.3, -0.25) is 4.90 Å². The summed E-state index contributed by atoms with van der Waals surface area (Å²) in [6.45, 7) is 2.89. The first kappa shape index (κ1) is 20.2. The van der Waals surface area contributed by atoms with Crippen LogP contribution in [0.25, 0.3) is 0 Å². The van der Waals surface area contributed by atoms with Crippen molar-refractivity contribution in [2.75, 3.05) is 20.2 Å². The molecule has 0 aromatic heterocycles. The smallest absolute Gasteiger partial charge is 0.337 e. The van der Waals surface area contributed by atoms with Gasteiger partial charge in [0.1, 0.15) is 11.9 Å². The highest BCUT2D eigenvalue weighted by Crippen LogP contribution is 2.38. The SMILES string of the molecule is COC(=O)c1cccc(O[C@@H]2C[C@@H]3CN(Cc4ccc(Cl)cc4)C[C@@H]3C[C@H]2O)c1. The van der Waals surface area contributed by atoms with Crippen LogP contribution < -0.4 is 4.74 Å². The highest BCUT2D eigenvalue weighted by molar-refractivity contribution is 6.30. The second-order valence-electron chi connectivity index (χ2n) is 8.06. The van der Waals surface area contributed by atoms with E-state index in [2.05, 4.69) is 17.0 Å². The van der Waals surface area contributed by atoms with Crippen LogP contribution in [0.4, 0.5) is 0 Å². The van der Waals surface area contributed by atoms with Crippen molar-refractivity contribution in [1.29, 1.82) is 0 Å². The molecule has 0 amide bonds. The number of carbonyl (C=O) groups is 1. The highest BCUT2D eigenvalue weighted by atomic mass is 35.5. The number of nitrogens with zero attached hydrogens (tertiary/aromatic N) is 1. The molecule has 1 saturated heterocycles. The summed E-state index contributed by atoms with van der Waals surface area (Å²) in [7, 11) is 1.36. The van der Waals surface area contributed by atoms with Crippen LogP contribution in [0.2, 0.25) is 5.02 Å². The topological polar surface area (TPSA) is 59.0 Å². The van der Waals surface area contributed by atoms with Crippen molar-refractivity contribution in [1.82, 2.24) is 4.90 Å². The minimum Gasteiger partial charge on any atom is -0.488 e. The van der Waals surface area contributed by atoms with Crippen molar-refractivity contribution in [3.63, 3.8) is 0 Å². The number of methoxy groups -OCH3 is 1. The molecule has 2 fully saturated rings. The summed E-state index contributed by atoms with van der Waals surface area (Å²) < 4.78 is 10.9. The van der Waals surface area contributed by atoms with Crippen molar-refractivity contribution < 1.29 is 19.4 Å². The van der Waals surface area contributed by atoms with Crippen LogP contribution in [-0.4, -0.2) is 48.4 Å². The lowest BCUT2D eigenvalue weighted by Crippen LogP contribution is -2.42. The van der Waals surface area contributed by atoms with Crippen molar-refractivity contribution in [2.24, 2.45) is 11.8 Å². The van der Waals surface area contributed by atoms with Gasteiger partial charge >= 0.3 is 5.97 Å². The fraction of sp³-hybridized carbons (Fsp3) is 0.435. The highest BCUT2D eigenvalue weighted by Gasteiger charge is 2.42. The molecule has 1 aliphatic heterocycles. The number of carbonyl (C=O) groups excluding carboxylic acids is 1. The molecule has 2 aromatic carbocycles. The minimum absolute atomic E-state index is 0.264. The van der Waals surface area contributed by atoms with E-state index in [-0.39, 0.29) is 6.10 Å². The molecule has 1 aliphatic carbocycles. The number of benzene rings is 2. The third-order valence-electron chi connectivity index (χ3n) is 6.02. The summed E-state index contributed by atoms with van der Waals surface area (Å²) >= 11 is 5.98. The lowest BCUT2D eigenvalue weighted by molar-refractivity contribution is -0.0231. The van der Waals surface area contributed by atoms with Crippen LogP contribution in [0.5, 0.6) is 5.75 Å². The average Bonchev–Trinajstić information content (AvgIpc) is 3.10. The maximum absolute atomic E-state index is 11.7. The van der Waals surface area contributed by atoms with Gasteiger partial charge in [0, 0.05) is 24.7 Å². The van der Waals surface area contributed by atoms with Gasteiger partial charge < -0.3 is 14.6 Å². The maximum atomic E-state index is 11.7. The first-order valence-electron chi connectivity index (χ1n) is 10.0. The third-order valence-corrected chi connectivity index (χ3v) is 6.27. The van der Waals surface area contributed by atoms with E-state index in [4.69, 9.17) is 21.1 Å². The van der Waals surface area contributed by atoms with E-state index in [0.29, 0.717) is 23.1 Å². The van der Waals surface area contributed by atoms with Crippen molar-refractivity contribution in [2.45, 2.75) is 31.6 Å². The first-order chi connectivity index (χ1) is 14.0. The number of aliphatic hydroxyl groups is 1. The van der Waals surface area contributed by atoms with Gasteiger partial charge in [-0.2, -0.15) is 0 Å². The predicted molar refractivity (Wildman–Crippen MR) is 111 cm³/mol. The van der Waals surface area contributed by atoms with Gasteiger partial charge in [-0.05, 0) is 60.6 Å². The van der Waals surface area contributed by atoms with E-state index in [1.807, 2.05) is 18.2 Å². The van der Waals surface area contributed by atoms with Crippen molar-refractivity contribution >= 4 is 17.6 Å². The molecule has 0 unspecified atom stereocenters. The Morgan fingerprint density at radius 2 is 1.86 bits per heavy atom. The normalized spacial score (nSPS) is 26.7. The fourth-order valence-corrected chi connectivity index (χ4v) is 4.71. The molecule has 1 N–H and O–H groups in total. The maximum Gasteiger partial charge on any atom is 0.337 e. The minimum atomic E-state index is -0.506. The Morgan fingerprint density at radius 3 is 2.59 bits per heavy atom. The average molecular weight is 416 g/mol. The molecular weight excluding hydrogens is 390 g/mol. The number of likely N-dealkylation sites (tertiary alicyclic amines) is 1. The second-order valence-corrected chi connectivity index (χ2v) is 8.49. The van der Waals surface area contributed by atoms with Crippen LogP contribution in [0.3, 0.4) is 0 Å². The fourth-order valence-electron chi connectivity index (χ4n) is 4.58. The number of halogens is 1. The Morgan fingerprint density at radius 1 is 1.14 bits per heavy atom. The van der Waals surface area contributed by atoms with Gasteiger partial charge in [0.2, 0.25) is 0 Å². The standard InChI is InChI=1S/C23H26ClNO4/c1-28-23(27)16-3-2-4-20(9-16)29-22-11-18-14-25(13-17(18)10-21(22)26)12-15-5-7-19(24)8-6-15/h2-9,17-18,21-22,26H,10-14H2,1H3/t17-,18+,21+,22+/m0/s1. The van der Waals surface area contributed by atoms with E-state index in [1.54, 1.807) is 18.2 Å². The van der Waals surface area contributed by atoms with Gasteiger partial charge in [0.15, 0.2) is 0 Å². The van der Waals surface area contributed by atoms with Crippen molar-refractivity contribution in [3.05, 3.63) is 64.7 Å². The summed E-state index contributed by atoms with van der Waals surface area (Å²) in [6.07, 6.45) is 0.780. The molecule has 29 heavy (non-hydrogen) atoms. The van der Waals surface area contributed by atoms with Gasteiger partial charge in [0.25, 0.3) is 0 Å². The van der Waals surface area contributed by atoms with Crippen LogP contribution in [0.15, 0.2) is 48.5 Å². The Bertz CT molecular complexity index is 856. The van der Waals surface area contributed by atoms with E-state index in [9.17, 15) is 9.90 Å². The quantitative estimate of drug-likeness (QED) is 0.753. The Kier molecular flexibility index (Phi) is 6.09. The molecule has 0 radical (unpaired) electrons. The Hall–Kier alpha value is -2.08. The summed E-state index contributed by atoms with van der Waals surface area (Å²) in [5, 5.41) is 11.4. The van der Waals surface area contributed by atoms with Gasteiger partial charge in [-0.15, -0.1) is 0 Å². The van der Waals surface area contributed by atoms with Crippen LogP contribution in [-0.2, 0) is 11.3 Å². The Labute approximate surface area is 176 Å². The molecule has 0 spiro atoms. The van der Waals surface area contributed by atoms with Gasteiger partial charge in [0.05, 0.1) is 18.8 Å². The van der Waals surface area contributed by atoms with Crippen LogP contribution in [0.1, 0.15) is 28.8 Å². The molecular formula is C23H26ClNO4. The zero-order valence-electron chi connectivity index (χ0n) is 16.5. The molecule has 6 heteroatoms. The summed E-state index contributed by atoms with van der Waals surface area (Å²) in [6, 6.07) is 14.9. The molecule has 0 bridgehead atoms. The van der Waals surface area contributed by atoms with E-state index < -0.39 is 12.1 Å². The summed E-state index contributed by atoms with van der Waals surface area (Å²) in [4.78, 5) is 14.2. The van der Waals surface area contributed by atoms with E-state index in [1.165, 1.54) is 12.7 Å². The Balaban J connectivity index is 1.38. The van der Waals surface area contributed by atoms with E-state index in [0.717, 1.165) is 37.5 Å². The molecule has 1 heterocycles. The molecule has 1 saturated carbocycles. The molecule has 2 aliphatic rings. The summed E-state index contributed by atoms with van der Waals surface area (Å²) in [5.41, 5.74) is 1.70. The van der Waals surface area contributed by atoms with Crippen LogP contribution >= 0.6 is 11.6 Å². The first-order valence-corrected chi connectivity index (χ1v) is 10.4. The lowest BCUT2D eigenvalue weighted by atomic mass is 9.78. The molecule has 4 rings (SSSR count). The van der Waals surface area contributed by atoms with Gasteiger partial charge in [-0.1, -0.05) is 29.8 Å². The number of hydrogen-bond donors (Lipinski definition) is 1. The number of hydrogen-bond acceptors (Lipinski definition) is 5. The molecule has 5 nitrogen and oxygen atoms in total. The monoisotopic (exact) mass is 415 g/mol. The zero-order valence-corrected chi connectivity index (χ0v) is 17.2. The number of rotatable bonds is 5. The number of aliphatic hydroxyl groups excluding tert-OH is 1. The van der Waals surface area contributed by atoms with Crippen LogP contribution in [0, 0.1) is 11.8 Å².